The summed E-state index contributed by atoms with van der Waals surface area (Å²) in [6.07, 6.45) is 8.50. The fourth-order valence-corrected chi connectivity index (χ4v) is 0.589. The van der Waals surface area contributed by atoms with Crippen LogP contribution < -0.4 is 0 Å². The molecule has 32 valence electrons. The Morgan fingerprint density at radius 3 is 1.83 bits per heavy atom. The van der Waals surface area contributed by atoms with E-state index in [9.17, 15) is 0 Å². The Kier molecular flexibility index (Phi) is 4.00. The zero-order chi connectivity index (χ0) is 3.54. The third-order valence-corrected chi connectivity index (χ3v) is 0.908. The van der Waals surface area contributed by atoms with Crippen LogP contribution in [0.25, 0.3) is 0 Å². The van der Waals surface area contributed by atoms with Gasteiger partial charge in [0.1, 0.15) is 0 Å². The molecule has 0 amide bonds. The average Bonchev–Trinajstić information content (AvgIpc) is 1.76. The van der Waals surface area contributed by atoms with Crippen molar-refractivity contribution in [1.82, 2.24) is 0 Å². The number of rotatable bonds is 0. The van der Waals surface area contributed by atoms with Crippen molar-refractivity contribution >= 4 is 23.1 Å². The molecule has 0 heterocycles. The molecule has 0 saturated carbocycles. The van der Waals surface area contributed by atoms with Gasteiger partial charge in [0, 0.05) is 0 Å². The molecule has 0 nitrogen and oxygen atoms in total. The van der Waals surface area contributed by atoms with Gasteiger partial charge in [-0.05, 0) is 19.3 Å². The van der Waals surface area contributed by atoms with Crippen molar-refractivity contribution in [2.24, 2.45) is 0 Å². The predicted molar refractivity (Wildman–Crippen MR) is 31.0 cm³/mol. The third-order valence-electron chi connectivity index (χ3n) is 0.908. The molecule has 0 bridgehead atoms. The largest absolute Gasteiger partial charge is 2.00 e. The van der Waals surface area contributed by atoms with Crippen LogP contribution in [0, 0.1) is 0 Å². The van der Waals surface area contributed by atoms with Crippen LogP contribution >= 0.6 is 0 Å². The molecule has 0 aromatic heterocycles. The Morgan fingerprint density at radius 1 is 1.17 bits per heavy atom. The molecule has 6 heavy (non-hydrogen) atoms. The summed E-state index contributed by atoms with van der Waals surface area (Å²) in [5, 5.41) is 0. The Labute approximate surface area is 57.7 Å². The summed E-state index contributed by atoms with van der Waals surface area (Å²) in [5.74, 6) is 0. The van der Waals surface area contributed by atoms with E-state index < -0.39 is 0 Å². The molecule has 0 saturated heterocycles. The standard InChI is InChI=1S/C5H8.Mg.2H/c1-2-4-5-3-1;;;/h1-2H,3-5H2;;;/q;+2;2*-1. The van der Waals surface area contributed by atoms with E-state index in [1.54, 1.807) is 0 Å². The molecular weight excluding hydrogens is 84.4 g/mol. The van der Waals surface area contributed by atoms with E-state index in [-0.39, 0.29) is 25.9 Å². The Hall–Kier alpha value is 0.506. The van der Waals surface area contributed by atoms with Crippen molar-refractivity contribution in [3.63, 3.8) is 0 Å². The van der Waals surface area contributed by atoms with Crippen LogP contribution in [0.5, 0.6) is 0 Å². The molecule has 0 fully saturated rings. The van der Waals surface area contributed by atoms with E-state index in [0.717, 1.165) is 0 Å². The van der Waals surface area contributed by atoms with Crippen molar-refractivity contribution < 1.29 is 2.85 Å². The van der Waals surface area contributed by atoms with Gasteiger partial charge in [-0.25, -0.2) is 0 Å². The SMILES string of the molecule is C1=CCCC1.[H-].[H-].[Mg+2]. The zero-order valence-corrected chi connectivity index (χ0v) is 5.40. The van der Waals surface area contributed by atoms with E-state index in [1.807, 2.05) is 0 Å². The van der Waals surface area contributed by atoms with Gasteiger partial charge in [-0.2, -0.15) is 0 Å². The van der Waals surface area contributed by atoms with Gasteiger partial charge in [0.05, 0.1) is 0 Å². The minimum Gasteiger partial charge on any atom is -1.00 e. The first-order valence-electron chi connectivity index (χ1n) is 2.15. The van der Waals surface area contributed by atoms with E-state index in [4.69, 9.17) is 0 Å². The quantitative estimate of drug-likeness (QED) is 0.316. The molecule has 0 atom stereocenters. The maximum absolute atomic E-state index is 2.24. The van der Waals surface area contributed by atoms with Gasteiger partial charge in [-0.3, -0.25) is 0 Å². The van der Waals surface area contributed by atoms with E-state index in [2.05, 4.69) is 12.2 Å². The predicted octanol–water partition coefficient (Wildman–Crippen LogP) is 1.57. The Bertz CT molecular complexity index is 48.4. The summed E-state index contributed by atoms with van der Waals surface area (Å²) in [5.41, 5.74) is 0. The van der Waals surface area contributed by atoms with E-state index in [0.29, 0.717) is 0 Å². The third kappa shape index (κ3) is 1.83. The van der Waals surface area contributed by atoms with Gasteiger partial charge in [0.2, 0.25) is 0 Å². The number of hydrogen-bond donors (Lipinski definition) is 0. The monoisotopic (exact) mass is 94.1 g/mol. The fourth-order valence-electron chi connectivity index (χ4n) is 0.589. The fraction of sp³-hybridized carbons (Fsp3) is 0.600. The summed E-state index contributed by atoms with van der Waals surface area (Å²) < 4.78 is 0. The molecule has 1 aliphatic carbocycles. The molecule has 1 aliphatic rings. The molecule has 1 heteroatoms. The molecule has 0 unspecified atom stereocenters. The summed E-state index contributed by atoms with van der Waals surface area (Å²) >= 11 is 0. The van der Waals surface area contributed by atoms with Crippen LogP contribution in [-0.4, -0.2) is 23.1 Å². The second kappa shape index (κ2) is 3.69. The second-order valence-corrected chi connectivity index (χ2v) is 1.40. The van der Waals surface area contributed by atoms with Crippen LogP contribution in [-0.2, 0) is 0 Å². The minimum absolute atomic E-state index is 0. The van der Waals surface area contributed by atoms with Crippen LogP contribution in [0.15, 0.2) is 12.2 Å². The first-order valence-corrected chi connectivity index (χ1v) is 2.15. The van der Waals surface area contributed by atoms with E-state index in [1.165, 1.54) is 19.3 Å². The van der Waals surface area contributed by atoms with Gasteiger partial charge in [-0.1, -0.05) is 12.2 Å². The second-order valence-electron chi connectivity index (χ2n) is 1.40. The first-order chi connectivity index (χ1) is 2.50. The normalized spacial score (nSPS) is 17.3. The van der Waals surface area contributed by atoms with Gasteiger partial charge in [-0.15, -0.1) is 0 Å². The maximum Gasteiger partial charge on any atom is 2.00 e. The Morgan fingerprint density at radius 2 is 1.67 bits per heavy atom. The summed E-state index contributed by atoms with van der Waals surface area (Å²) in [6.45, 7) is 0. The average molecular weight is 94.4 g/mol. The van der Waals surface area contributed by atoms with Crippen molar-refractivity contribution in [3.8, 4) is 0 Å². The number of allylic oxidation sites excluding steroid dienone is 2. The first kappa shape index (κ1) is 6.51. The maximum atomic E-state index is 2.24. The molecule has 0 aliphatic heterocycles. The molecule has 1 rings (SSSR count). The zero-order valence-electron chi connectivity index (χ0n) is 5.98. The summed E-state index contributed by atoms with van der Waals surface area (Å²) in [7, 11) is 0. The smallest absolute Gasteiger partial charge is 1.00 e. The summed E-state index contributed by atoms with van der Waals surface area (Å²) in [4.78, 5) is 0. The molecule has 0 radical (unpaired) electrons. The molecular formula is C5H10Mg. The van der Waals surface area contributed by atoms with Crippen LogP contribution in [0.3, 0.4) is 0 Å². The van der Waals surface area contributed by atoms with Crippen molar-refractivity contribution in [3.05, 3.63) is 12.2 Å². The van der Waals surface area contributed by atoms with Gasteiger partial charge in [0.25, 0.3) is 0 Å². The molecule has 0 spiro atoms. The Balaban J connectivity index is -0.0000000833. The minimum atomic E-state index is 0. The molecule has 0 aromatic carbocycles. The van der Waals surface area contributed by atoms with Gasteiger partial charge in [0.15, 0.2) is 0 Å². The van der Waals surface area contributed by atoms with Crippen LogP contribution in [0.4, 0.5) is 0 Å². The van der Waals surface area contributed by atoms with Crippen LogP contribution in [0.1, 0.15) is 22.1 Å². The summed E-state index contributed by atoms with van der Waals surface area (Å²) in [6, 6.07) is 0. The van der Waals surface area contributed by atoms with Gasteiger partial charge < -0.3 is 2.85 Å². The van der Waals surface area contributed by atoms with Gasteiger partial charge >= 0.3 is 23.1 Å². The van der Waals surface area contributed by atoms with Crippen molar-refractivity contribution in [2.75, 3.05) is 0 Å². The van der Waals surface area contributed by atoms with E-state index >= 15 is 0 Å². The molecule has 0 aromatic rings. The molecule has 0 N–H and O–H groups in total. The van der Waals surface area contributed by atoms with Crippen molar-refractivity contribution in [1.29, 1.82) is 0 Å². The van der Waals surface area contributed by atoms with Crippen LogP contribution in [0.2, 0.25) is 0 Å². The number of hydrogen-bond acceptors (Lipinski definition) is 0. The van der Waals surface area contributed by atoms with Crippen molar-refractivity contribution in [2.45, 2.75) is 19.3 Å². The topological polar surface area (TPSA) is 0 Å².